The molecule has 0 aromatic heterocycles. The van der Waals surface area contributed by atoms with E-state index in [1.54, 1.807) is 39.8 Å². The fourth-order valence-corrected chi connectivity index (χ4v) is 5.20. The van der Waals surface area contributed by atoms with Crippen LogP contribution in [0.2, 0.25) is 0 Å². The van der Waals surface area contributed by atoms with E-state index in [1.807, 2.05) is 0 Å². The monoisotopic (exact) mass is 789 g/mol. The maximum Gasteiger partial charge on any atom is 0.508 e. The second-order valence-electron chi connectivity index (χ2n) is 13.4. The highest BCUT2D eigenvalue weighted by molar-refractivity contribution is 6.12. The van der Waals surface area contributed by atoms with E-state index >= 15 is 0 Å². The largest absolute Gasteiger partial charge is 0.508 e. The molecule has 0 saturated heterocycles. The second kappa shape index (κ2) is 23.0. The number of urea groups is 1. The molecule has 8 N–H and O–H groups in total. The number of rotatable bonds is 23. The molecule has 1 aromatic rings. The molecule has 0 radical (unpaired) electrons. The van der Waals surface area contributed by atoms with E-state index < -0.39 is 83.7 Å². The molecule has 0 spiro atoms. The van der Waals surface area contributed by atoms with Crippen LogP contribution in [-0.4, -0.2) is 114 Å². The van der Waals surface area contributed by atoms with Gasteiger partial charge in [0.05, 0.1) is 19.8 Å². The fraction of sp³-hybridized carbons (Fsp3) is 0.528. The van der Waals surface area contributed by atoms with E-state index in [0.29, 0.717) is 11.3 Å². The van der Waals surface area contributed by atoms with Gasteiger partial charge in [-0.3, -0.25) is 33.7 Å². The van der Waals surface area contributed by atoms with Crippen LogP contribution in [0.25, 0.3) is 0 Å². The number of hydrogen-bond acceptors (Lipinski definition) is 12. The Bertz CT molecular complexity index is 1600. The fourth-order valence-electron chi connectivity index (χ4n) is 5.20. The Kier molecular flexibility index (Phi) is 18.9. The Balaban J connectivity index is 1.99. The normalized spacial score (nSPS) is 14.4. The third-order valence-corrected chi connectivity index (χ3v) is 8.12. The molecule has 1 heterocycles. The second-order valence-corrected chi connectivity index (χ2v) is 13.4. The van der Waals surface area contributed by atoms with E-state index in [0.717, 1.165) is 24.0 Å². The number of nitrogens with two attached hydrogens (primary N) is 1. The van der Waals surface area contributed by atoms with Crippen molar-refractivity contribution in [3.8, 4) is 0 Å². The standard InChI is InChI=1S/C36H51N7O13/c1-20(2)29(42-26(45)14-17-54-18-16-43-27(46)12-13-28(43)47)33(49)41-25(7-6-15-38-35(37)52)32(48)40-24-10-8-23(9-11-24)19-55-36(53)56-31(21(3)4)30(34(50)51)39-22(5)44/h8-13,20-21,25,29-31H,6-7,14-19H2,1-5H3,(H,39,44)(H,40,48)(H,41,49)(H,42,45)(H,50,51)(H3,37,38,52)/t25?,29?,30-,31+/m0/s1. The summed E-state index contributed by atoms with van der Waals surface area (Å²) in [7, 11) is 0. The molecule has 2 unspecified atom stereocenters. The summed E-state index contributed by atoms with van der Waals surface area (Å²) in [6, 6.07) is 1.72. The predicted octanol–water partition coefficient (Wildman–Crippen LogP) is 0.298. The number of ether oxygens (including phenoxy) is 3. The highest BCUT2D eigenvalue weighted by Gasteiger charge is 2.35. The summed E-state index contributed by atoms with van der Waals surface area (Å²) in [5, 5.41) is 22.2. The van der Waals surface area contributed by atoms with Crippen molar-refractivity contribution in [2.45, 2.75) is 84.7 Å². The molecule has 8 amide bonds. The van der Waals surface area contributed by atoms with Crippen LogP contribution in [0.15, 0.2) is 36.4 Å². The molecular weight excluding hydrogens is 738 g/mol. The van der Waals surface area contributed by atoms with Crippen molar-refractivity contribution in [1.82, 2.24) is 26.2 Å². The first-order valence-corrected chi connectivity index (χ1v) is 17.9. The number of primary amides is 1. The van der Waals surface area contributed by atoms with Gasteiger partial charge in [0.2, 0.25) is 23.6 Å². The molecule has 308 valence electrons. The summed E-state index contributed by atoms with van der Waals surface area (Å²) < 4.78 is 15.7. The van der Waals surface area contributed by atoms with Crippen LogP contribution in [0.3, 0.4) is 0 Å². The van der Waals surface area contributed by atoms with Crippen LogP contribution in [0.5, 0.6) is 0 Å². The van der Waals surface area contributed by atoms with Crippen molar-refractivity contribution >= 4 is 59.3 Å². The minimum Gasteiger partial charge on any atom is -0.480 e. The summed E-state index contributed by atoms with van der Waals surface area (Å²) in [4.78, 5) is 110. The number of benzene rings is 1. The first-order chi connectivity index (χ1) is 26.4. The summed E-state index contributed by atoms with van der Waals surface area (Å²) in [6.07, 6.45) is 0.150. The van der Waals surface area contributed by atoms with Gasteiger partial charge in [-0.2, -0.15) is 0 Å². The molecule has 1 aromatic carbocycles. The van der Waals surface area contributed by atoms with Gasteiger partial charge in [0.15, 0.2) is 6.04 Å². The molecule has 20 heteroatoms. The predicted molar refractivity (Wildman–Crippen MR) is 197 cm³/mol. The van der Waals surface area contributed by atoms with E-state index in [2.05, 4.69) is 26.6 Å². The van der Waals surface area contributed by atoms with Crippen LogP contribution in [0.1, 0.15) is 59.4 Å². The average molecular weight is 790 g/mol. The molecule has 1 aliphatic heterocycles. The summed E-state index contributed by atoms with van der Waals surface area (Å²) in [5.41, 5.74) is 5.93. The molecule has 2 rings (SSSR count). The maximum absolute atomic E-state index is 13.4. The zero-order chi connectivity index (χ0) is 41.9. The van der Waals surface area contributed by atoms with Crippen molar-refractivity contribution < 1.29 is 62.5 Å². The van der Waals surface area contributed by atoms with E-state index in [1.165, 1.54) is 12.1 Å². The van der Waals surface area contributed by atoms with Gasteiger partial charge < -0.3 is 51.6 Å². The third-order valence-electron chi connectivity index (χ3n) is 8.12. The number of amides is 8. The molecule has 0 aliphatic carbocycles. The SMILES string of the molecule is CC(=O)N[C@H](C(=O)O)[C@H](OC(=O)OCc1ccc(NC(=O)C(CCCNC(N)=O)NC(=O)C(NC(=O)CCOCCN2C(=O)C=CC2=O)C(C)C)cc1)C(C)C. The van der Waals surface area contributed by atoms with Gasteiger partial charge in [0, 0.05) is 37.7 Å². The van der Waals surface area contributed by atoms with Gasteiger partial charge >= 0.3 is 18.2 Å². The number of nitrogens with zero attached hydrogens (tertiary/aromatic N) is 1. The topological polar surface area (TPSA) is 291 Å². The van der Waals surface area contributed by atoms with Gasteiger partial charge in [0.25, 0.3) is 11.8 Å². The Morgan fingerprint density at radius 3 is 2.04 bits per heavy atom. The lowest BCUT2D eigenvalue weighted by Gasteiger charge is -2.27. The van der Waals surface area contributed by atoms with Gasteiger partial charge in [-0.05, 0) is 42.4 Å². The lowest BCUT2D eigenvalue weighted by molar-refractivity contribution is -0.146. The van der Waals surface area contributed by atoms with Crippen molar-refractivity contribution in [3.05, 3.63) is 42.0 Å². The van der Waals surface area contributed by atoms with Gasteiger partial charge in [0.1, 0.15) is 24.8 Å². The van der Waals surface area contributed by atoms with Crippen LogP contribution < -0.4 is 32.3 Å². The average Bonchev–Trinajstić information content (AvgIpc) is 3.44. The van der Waals surface area contributed by atoms with Crippen molar-refractivity contribution in [2.24, 2.45) is 17.6 Å². The minimum atomic E-state index is -1.49. The Labute approximate surface area is 323 Å². The highest BCUT2D eigenvalue weighted by atomic mass is 16.7. The number of nitrogens with one attached hydrogen (secondary N) is 5. The van der Waals surface area contributed by atoms with E-state index in [4.69, 9.17) is 19.9 Å². The summed E-state index contributed by atoms with van der Waals surface area (Å²) in [6.45, 7) is 7.63. The number of imide groups is 1. The first kappa shape index (κ1) is 46.1. The van der Waals surface area contributed by atoms with E-state index in [9.17, 15) is 48.3 Å². The molecule has 20 nitrogen and oxygen atoms in total. The zero-order valence-corrected chi connectivity index (χ0v) is 32.0. The molecule has 56 heavy (non-hydrogen) atoms. The molecular formula is C36H51N7O13. The van der Waals surface area contributed by atoms with Crippen LogP contribution in [0, 0.1) is 11.8 Å². The minimum absolute atomic E-state index is 0.0184. The number of carboxylic acids is 1. The maximum atomic E-state index is 13.4. The van der Waals surface area contributed by atoms with Crippen LogP contribution >= 0.6 is 0 Å². The smallest absolute Gasteiger partial charge is 0.480 e. The quantitative estimate of drug-likeness (QED) is 0.0447. The molecule has 1 aliphatic rings. The van der Waals surface area contributed by atoms with E-state index in [-0.39, 0.29) is 58.1 Å². The van der Waals surface area contributed by atoms with Crippen molar-refractivity contribution in [3.63, 3.8) is 0 Å². The number of anilines is 1. The highest BCUT2D eigenvalue weighted by Crippen LogP contribution is 2.16. The summed E-state index contributed by atoms with van der Waals surface area (Å²) >= 11 is 0. The molecule has 4 atom stereocenters. The Morgan fingerprint density at radius 2 is 1.48 bits per heavy atom. The van der Waals surface area contributed by atoms with Gasteiger partial charge in [-0.15, -0.1) is 0 Å². The van der Waals surface area contributed by atoms with Crippen LogP contribution in [0.4, 0.5) is 15.3 Å². The zero-order valence-electron chi connectivity index (χ0n) is 32.0. The van der Waals surface area contributed by atoms with Gasteiger partial charge in [-0.25, -0.2) is 14.4 Å². The molecule has 0 saturated carbocycles. The Hall–Kier alpha value is -6.05. The first-order valence-electron chi connectivity index (χ1n) is 17.9. The van der Waals surface area contributed by atoms with Gasteiger partial charge in [-0.1, -0.05) is 39.8 Å². The molecule has 0 bridgehead atoms. The van der Waals surface area contributed by atoms with Crippen LogP contribution in [-0.2, 0) is 54.4 Å². The molecule has 0 fully saturated rings. The Morgan fingerprint density at radius 1 is 0.839 bits per heavy atom. The van der Waals surface area contributed by atoms with Crippen molar-refractivity contribution in [2.75, 3.05) is 31.6 Å². The van der Waals surface area contributed by atoms with Crippen molar-refractivity contribution in [1.29, 1.82) is 0 Å². The number of carbonyl (C=O) groups excluding carboxylic acids is 8. The third kappa shape index (κ3) is 16.1. The number of carbonyl (C=O) groups is 9. The number of hydrogen-bond donors (Lipinski definition) is 7. The number of aliphatic carboxylic acids is 1. The lowest BCUT2D eigenvalue weighted by atomic mass is 9.99. The number of carboxylic acid groups (broad SMARTS) is 1. The summed E-state index contributed by atoms with van der Waals surface area (Å²) in [5.74, 6) is -5.52. The lowest BCUT2D eigenvalue weighted by Crippen LogP contribution is -2.54.